The average molecular weight is 538 g/mol. The van der Waals surface area contributed by atoms with Crippen LogP contribution in [-0.2, 0) is 17.2 Å². The first-order chi connectivity index (χ1) is 18.2. The maximum absolute atomic E-state index is 9.80. The van der Waals surface area contributed by atoms with E-state index in [1.165, 1.54) is 0 Å². The van der Waals surface area contributed by atoms with Crippen molar-refractivity contribution in [1.29, 1.82) is 0 Å². The summed E-state index contributed by atoms with van der Waals surface area (Å²) in [5, 5.41) is 22.6. The number of imidazole rings is 1. The van der Waals surface area contributed by atoms with E-state index in [2.05, 4.69) is 46.1 Å². The van der Waals surface area contributed by atoms with Crippen LogP contribution in [0.1, 0.15) is 38.9 Å². The predicted molar refractivity (Wildman–Crippen MR) is 141 cm³/mol. The number of fused-ring (bicyclic) bond motifs is 2. The molecule has 0 aliphatic carbocycles. The number of nitrogens with one attached hydrogen (secondary N) is 1. The van der Waals surface area contributed by atoms with E-state index < -0.39 is 0 Å². The third-order valence-electron chi connectivity index (χ3n) is 6.73. The molecule has 0 saturated carbocycles. The number of nitrogens with zero attached hydrogens (tertiary/aromatic N) is 8. The van der Waals surface area contributed by atoms with Crippen LogP contribution in [0.25, 0.3) is 16.7 Å². The average Bonchev–Trinajstić information content (AvgIpc) is 3.67. The third-order valence-corrected chi connectivity index (χ3v) is 7.09. The van der Waals surface area contributed by atoms with E-state index in [1.807, 2.05) is 22.4 Å². The highest BCUT2D eigenvalue weighted by atomic mass is 35.5. The van der Waals surface area contributed by atoms with Gasteiger partial charge in [0.05, 0.1) is 31.2 Å². The first kappa shape index (κ1) is 24.6. The molecule has 0 radical (unpaired) electrons. The lowest BCUT2D eigenvalue weighted by Gasteiger charge is -2.25. The third kappa shape index (κ3) is 4.14. The summed E-state index contributed by atoms with van der Waals surface area (Å²) in [5.41, 5.74) is 2.64. The zero-order valence-electron chi connectivity index (χ0n) is 21.5. The second-order valence-electron chi connectivity index (χ2n) is 10.3. The van der Waals surface area contributed by atoms with E-state index in [-0.39, 0.29) is 24.2 Å². The van der Waals surface area contributed by atoms with E-state index in [1.54, 1.807) is 35.5 Å². The molecule has 1 aliphatic heterocycles. The van der Waals surface area contributed by atoms with Gasteiger partial charge in [-0.15, -0.1) is 0 Å². The van der Waals surface area contributed by atoms with E-state index in [9.17, 15) is 5.11 Å². The largest absolute Gasteiger partial charge is 0.450 e. The molecule has 2 atom stereocenters. The minimum atomic E-state index is -0.287. The molecule has 1 fully saturated rings. The van der Waals surface area contributed by atoms with Crippen LogP contribution in [-0.4, -0.2) is 63.3 Å². The molecular formula is C25H28ClN9O3. The second kappa shape index (κ2) is 9.22. The van der Waals surface area contributed by atoms with Gasteiger partial charge in [0.1, 0.15) is 22.2 Å². The van der Waals surface area contributed by atoms with Crippen LogP contribution in [0.4, 0.5) is 11.8 Å². The Kier molecular flexibility index (Phi) is 5.97. The van der Waals surface area contributed by atoms with Gasteiger partial charge < -0.3 is 24.5 Å². The van der Waals surface area contributed by atoms with Crippen molar-refractivity contribution >= 4 is 40.0 Å². The van der Waals surface area contributed by atoms with Crippen molar-refractivity contribution in [2.45, 2.75) is 44.8 Å². The molecule has 0 amide bonds. The minimum Gasteiger partial charge on any atom is -0.450 e. The number of aryl methyl sites for hydroxylation is 1. The molecule has 0 aromatic carbocycles. The summed E-state index contributed by atoms with van der Waals surface area (Å²) < 4.78 is 17.2. The fourth-order valence-electron chi connectivity index (χ4n) is 4.78. The summed E-state index contributed by atoms with van der Waals surface area (Å²) in [6.45, 7) is 6.94. The van der Waals surface area contributed by atoms with Crippen molar-refractivity contribution in [3.8, 4) is 11.5 Å². The van der Waals surface area contributed by atoms with E-state index in [4.69, 9.17) is 26.2 Å². The standard InChI is InChI=1S/C25H28ClN9O3/c1-25(2,3)19-9-20(32-35(19)14-5-8-37-18(14)13-36)30-24-31-23-22(33(24)4)21(26)17(11-28-23)38-16-12-29-34-7-6-27-10-15(16)34/h6-7,9-12,14,18,36H,5,8,13H2,1-4H3,(H,28,30,31,32)/t14-,18-/m1/s1. The number of anilines is 2. The summed E-state index contributed by atoms with van der Waals surface area (Å²) in [6, 6.07) is 1.96. The highest BCUT2D eigenvalue weighted by Gasteiger charge is 2.34. The van der Waals surface area contributed by atoms with Crippen LogP contribution in [0.3, 0.4) is 0 Å². The molecular weight excluding hydrogens is 510 g/mol. The van der Waals surface area contributed by atoms with Gasteiger partial charge in [-0.05, 0) is 6.42 Å². The summed E-state index contributed by atoms with van der Waals surface area (Å²) in [4.78, 5) is 13.3. The molecule has 5 aromatic heterocycles. The number of aromatic nitrogens is 8. The molecule has 12 nitrogen and oxygen atoms in total. The van der Waals surface area contributed by atoms with Crippen LogP contribution >= 0.6 is 11.6 Å². The van der Waals surface area contributed by atoms with Gasteiger partial charge in [-0.2, -0.15) is 15.2 Å². The number of hydrogen-bond acceptors (Lipinski definition) is 9. The van der Waals surface area contributed by atoms with Gasteiger partial charge in [0.2, 0.25) is 5.95 Å². The zero-order valence-corrected chi connectivity index (χ0v) is 22.2. The van der Waals surface area contributed by atoms with E-state index >= 15 is 0 Å². The molecule has 38 heavy (non-hydrogen) atoms. The molecule has 6 rings (SSSR count). The van der Waals surface area contributed by atoms with Crippen LogP contribution in [0.5, 0.6) is 11.5 Å². The summed E-state index contributed by atoms with van der Waals surface area (Å²) >= 11 is 6.78. The predicted octanol–water partition coefficient (Wildman–Crippen LogP) is 4.02. The molecule has 1 aliphatic rings. The van der Waals surface area contributed by atoms with Gasteiger partial charge in [-0.25, -0.2) is 9.50 Å². The van der Waals surface area contributed by atoms with Crippen molar-refractivity contribution in [2.75, 3.05) is 18.5 Å². The molecule has 0 spiro atoms. The van der Waals surface area contributed by atoms with Crippen LogP contribution < -0.4 is 10.1 Å². The Morgan fingerprint density at radius 2 is 2.08 bits per heavy atom. The lowest BCUT2D eigenvalue weighted by molar-refractivity contribution is 0.0391. The Labute approximate surface area is 223 Å². The molecule has 2 N–H and O–H groups in total. The smallest absolute Gasteiger partial charge is 0.210 e. The fourth-order valence-corrected chi connectivity index (χ4v) is 5.08. The maximum atomic E-state index is 9.80. The number of aliphatic hydroxyl groups is 1. The highest BCUT2D eigenvalue weighted by molar-refractivity contribution is 6.36. The molecule has 198 valence electrons. The zero-order chi connectivity index (χ0) is 26.6. The van der Waals surface area contributed by atoms with Gasteiger partial charge in [0, 0.05) is 43.2 Å². The van der Waals surface area contributed by atoms with Gasteiger partial charge in [-0.1, -0.05) is 32.4 Å². The Balaban J connectivity index is 1.34. The summed E-state index contributed by atoms with van der Waals surface area (Å²) in [7, 11) is 1.85. The number of rotatable bonds is 6. The fraction of sp³-hybridized carbons (Fsp3) is 0.400. The van der Waals surface area contributed by atoms with Gasteiger partial charge >= 0.3 is 0 Å². The second-order valence-corrected chi connectivity index (χ2v) is 10.7. The molecule has 6 heterocycles. The number of hydrogen-bond donors (Lipinski definition) is 2. The Morgan fingerprint density at radius 1 is 1.24 bits per heavy atom. The minimum absolute atomic E-state index is 0.0452. The SMILES string of the molecule is Cn1c(Nc2cc(C(C)(C)C)n([C@@H]3CCO[C@@H]3CO)n2)nc2ncc(Oc3cnn4ccncc34)c(Cl)c21. The Morgan fingerprint density at radius 3 is 2.87 bits per heavy atom. The lowest BCUT2D eigenvalue weighted by Crippen LogP contribution is -2.29. The normalized spacial score (nSPS) is 18.1. The molecule has 0 bridgehead atoms. The van der Waals surface area contributed by atoms with Crippen molar-refractivity contribution in [3.63, 3.8) is 0 Å². The first-order valence-corrected chi connectivity index (χ1v) is 12.7. The molecule has 1 saturated heterocycles. The Hall–Kier alpha value is -3.74. The van der Waals surface area contributed by atoms with Crippen molar-refractivity contribution < 1.29 is 14.6 Å². The van der Waals surface area contributed by atoms with Crippen molar-refractivity contribution in [1.82, 2.24) is 38.9 Å². The maximum Gasteiger partial charge on any atom is 0.210 e. The monoisotopic (exact) mass is 537 g/mol. The highest BCUT2D eigenvalue weighted by Crippen LogP contribution is 2.37. The van der Waals surface area contributed by atoms with Crippen molar-refractivity contribution in [3.05, 3.63) is 47.8 Å². The van der Waals surface area contributed by atoms with Crippen LogP contribution in [0, 0.1) is 0 Å². The van der Waals surface area contributed by atoms with Crippen molar-refractivity contribution in [2.24, 2.45) is 7.05 Å². The molecule has 13 heteroatoms. The lowest BCUT2D eigenvalue weighted by atomic mass is 9.91. The summed E-state index contributed by atoms with van der Waals surface area (Å²) in [5.74, 6) is 2.05. The van der Waals surface area contributed by atoms with Gasteiger partial charge in [-0.3, -0.25) is 9.67 Å². The van der Waals surface area contributed by atoms with Gasteiger partial charge in [0.25, 0.3) is 0 Å². The topological polar surface area (TPSA) is 129 Å². The van der Waals surface area contributed by atoms with E-state index in [0.717, 1.165) is 12.1 Å². The molecule has 5 aromatic rings. The van der Waals surface area contributed by atoms with Crippen LogP contribution in [0.15, 0.2) is 37.1 Å². The quantitative estimate of drug-likeness (QED) is 0.330. The molecule has 0 unspecified atom stereocenters. The first-order valence-electron chi connectivity index (χ1n) is 12.3. The number of pyridine rings is 1. The van der Waals surface area contributed by atoms with Gasteiger partial charge in [0.15, 0.2) is 23.0 Å². The summed E-state index contributed by atoms with van der Waals surface area (Å²) in [6.07, 6.45) is 8.70. The van der Waals surface area contributed by atoms with E-state index in [0.29, 0.717) is 51.6 Å². The number of halogens is 1. The van der Waals surface area contributed by atoms with Crippen LogP contribution in [0.2, 0.25) is 5.02 Å². The number of aliphatic hydroxyl groups excluding tert-OH is 1. The number of ether oxygens (including phenoxy) is 2. The Bertz CT molecular complexity index is 1630.